The zero-order valence-electron chi connectivity index (χ0n) is 12.9. The molecule has 3 N–H and O–H groups in total. The minimum Gasteiger partial charge on any atom is -0.357 e. The maximum absolute atomic E-state index is 12.9. The minimum absolute atomic E-state index is 0.0199. The smallest absolute Gasteiger partial charge is 0.242 e. The maximum atomic E-state index is 12.9. The molecule has 3 aliphatic rings. The van der Waals surface area contributed by atoms with E-state index in [0.29, 0.717) is 11.8 Å². The fraction of sp³-hybridized carbons (Fsp3) is 0.875. The van der Waals surface area contributed by atoms with Crippen molar-refractivity contribution in [1.29, 1.82) is 0 Å². The van der Waals surface area contributed by atoms with Crippen molar-refractivity contribution in [1.82, 2.24) is 10.2 Å². The van der Waals surface area contributed by atoms with Gasteiger partial charge in [-0.15, -0.1) is 0 Å². The Morgan fingerprint density at radius 1 is 1.10 bits per heavy atom. The number of hydrogen-bond acceptors (Lipinski definition) is 3. The summed E-state index contributed by atoms with van der Waals surface area (Å²) >= 11 is 0. The first-order valence-electron chi connectivity index (χ1n) is 8.39. The quantitative estimate of drug-likeness (QED) is 0.793. The Hall–Kier alpha value is -1.10. The van der Waals surface area contributed by atoms with Crippen LogP contribution in [0.3, 0.4) is 0 Å². The average molecular weight is 293 g/mol. The minimum atomic E-state index is -0.252. The molecule has 118 valence electrons. The number of nitrogens with two attached hydrogens (primary N) is 1. The van der Waals surface area contributed by atoms with E-state index in [4.69, 9.17) is 5.73 Å². The normalized spacial score (nSPS) is 39.1. The number of nitrogens with one attached hydrogen (secondary N) is 1. The monoisotopic (exact) mass is 293 g/mol. The third-order valence-corrected chi connectivity index (χ3v) is 5.85. The van der Waals surface area contributed by atoms with Crippen LogP contribution in [-0.4, -0.2) is 42.4 Å². The summed E-state index contributed by atoms with van der Waals surface area (Å²) in [7, 11) is 1.65. The van der Waals surface area contributed by atoms with Crippen molar-refractivity contribution in [3.63, 3.8) is 0 Å². The number of likely N-dealkylation sites (tertiary alicyclic amines) is 1. The summed E-state index contributed by atoms with van der Waals surface area (Å²) in [5, 5.41) is 2.69. The summed E-state index contributed by atoms with van der Waals surface area (Å²) in [6.07, 6.45) is 7.17. The van der Waals surface area contributed by atoms with Gasteiger partial charge in [-0.25, -0.2) is 0 Å². The molecule has 1 aliphatic heterocycles. The second-order valence-corrected chi connectivity index (χ2v) is 7.00. The van der Waals surface area contributed by atoms with E-state index in [1.807, 2.05) is 4.90 Å². The Morgan fingerprint density at radius 3 is 2.38 bits per heavy atom. The van der Waals surface area contributed by atoms with Crippen LogP contribution >= 0.6 is 0 Å². The molecule has 3 fully saturated rings. The number of rotatable bonds is 2. The van der Waals surface area contributed by atoms with E-state index in [1.54, 1.807) is 7.05 Å². The molecule has 0 aromatic heterocycles. The fourth-order valence-corrected chi connectivity index (χ4v) is 4.69. The van der Waals surface area contributed by atoms with E-state index < -0.39 is 0 Å². The van der Waals surface area contributed by atoms with Gasteiger partial charge in [-0.3, -0.25) is 9.59 Å². The van der Waals surface area contributed by atoms with Crippen molar-refractivity contribution in [3.05, 3.63) is 0 Å². The first-order valence-corrected chi connectivity index (χ1v) is 8.39. The number of fused-ring (bicyclic) bond motifs is 2. The molecule has 0 aromatic rings. The highest BCUT2D eigenvalue weighted by molar-refractivity contribution is 5.89. The molecule has 0 spiro atoms. The van der Waals surface area contributed by atoms with Gasteiger partial charge in [-0.2, -0.15) is 0 Å². The second kappa shape index (κ2) is 5.95. The van der Waals surface area contributed by atoms with E-state index in [0.717, 1.165) is 32.2 Å². The molecule has 2 saturated carbocycles. The van der Waals surface area contributed by atoms with Crippen molar-refractivity contribution in [2.45, 2.75) is 57.0 Å². The lowest BCUT2D eigenvalue weighted by Crippen LogP contribution is -2.52. The molecule has 2 amide bonds. The first kappa shape index (κ1) is 14.8. The zero-order chi connectivity index (χ0) is 15.0. The topological polar surface area (TPSA) is 75.4 Å². The molecule has 5 nitrogen and oxygen atoms in total. The van der Waals surface area contributed by atoms with Crippen LogP contribution < -0.4 is 11.1 Å². The standard InChI is InChI=1S/C16H27N3O2/c1-18-15(20)13-6-3-7-19(13)16(21)12-8-10-4-2-5-11(9-12)14(10)17/h10-14H,2-9,17H2,1H3,(H,18,20). The highest BCUT2D eigenvalue weighted by atomic mass is 16.2. The van der Waals surface area contributed by atoms with Crippen LogP contribution in [0.4, 0.5) is 0 Å². The summed E-state index contributed by atoms with van der Waals surface area (Å²) in [4.78, 5) is 26.6. The summed E-state index contributed by atoms with van der Waals surface area (Å²) < 4.78 is 0. The summed E-state index contributed by atoms with van der Waals surface area (Å²) in [6.45, 7) is 0.731. The molecule has 1 saturated heterocycles. The third-order valence-electron chi connectivity index (χ3n) is 5.85. The van der Waals surface area contributed by atoms with Crippen molar-refractivity contribution in [2.24, 2.45) is 23.5 Å². The van der Waals surface area contributed by atoms with Crippen molar-refractivity contribution >= 4 is 11.8 Å². The number of likely N-dealkylation sites (N-methyl/N-ethyl adjacent to an activating group) is 1. The lowest BCUT2D eigenvalue weighted by atomic mass is 9.65. The molecule has 21 heavy (non-hydrogen) atoms. The Kier molecular flexibility index (Phi) is 4.20. The van der Waals surface area contributed by atoms with Crippen molar-refractivity contribution in [3.8, 4) is 0 Å². The average Bonchev–Trinajstić information content (AvgIpc) is 2.94. The second-order valence-electron chi connectivity index (χ2n) is 7.00. The number of carbonyl (C=O) groups is 2. The van der Waals surface area contributed by atoms with Gasteiger partial charge in [0.25, 0.3) is 0 Å². The highest BCUT2D eigenvalue weighted by Crippen LogP contribution is 2.42. The maximum Gasteiger partial charge on any atom is 0.242 e. The van der Waals surface area contributed by atoms with Crippen LogP contribution in [-0.2, 0) is 9.59 Å². The number of nitrogens with zero attached hydrogens (tertiary/aromatic N) is 1. The van der Waals surface area contributed by atoms with Gasteiger partial charge in [0.15, 0.2) is 0 Å². The van der Waals surface area contributed by atoms with E-state index in [1.165, 1.54) is 19.3 Å². The Balaban J connectivity index is 1.69. The van der Waals surface area contributed by atoms with Crippen LogP contribution in [0.2, 0.25) is 0 Å². The van der Waals surface area contributed by atoms with E-state index >= 15 is 0 Å². The lowest BCUT2D eigenvalue weighted by Gasteiger charge is -2.44. The van der Waals surface area contributed by atoms with Gasteiger partial charge >= 0.3 is 0 Å². The summed E-state index contributed by atoms with van der Waals surface area (Å²) in [6, 6.07) is 0.0362. The molecule has 0 aromatic carbocycles. The van der Waals surface area contributed by atoms with Crippen molar-refractivity contribution in [2.75, 3.05) is 13.6 Å². The molecule has 2 bridgehead atoms. The van der Waals surface area contributed by atoms with Crippen LogP contribution in [0, 0.1) is 17.8 Å². The predicted molar refractivity (Wildman–Crippen MR) is 80.3 cm³/mol. The number of hydrogen-bond donors (Lipinski definition) is 2. The molecule has 3 unspecified atom stereocenters. The highest BCUT2D eigenvalue weighted by Gasteiger charge is 2.44. The van der Waals surface area contributed by atoms with Gasteiger partial charge in [-0.05, 0) is 50.4 Å². The molecular weight excluding hydrogens is 266 g/mol. The van der Waals surface area contributed by atoms with Crippen LogP contribution in [0.1, 0.15) is 44.9 Å². The molecule has 1 heterocycles. The van der Waals surface area contributed by atoms with Gasteiger partial charge < -0.3 is 16.0 Å². The van der Waals surface area contributed by atoms with Gasteiger partial charge in [0, 0.05) is 25.6 Å². The number of amides is 2. The van der Waals surface area contributed by atoms with E-state index in [9.17, 15) is 9.59 Å². The first-order chi connectivity index (χ1) is 10.1. The zero-order valence-corrected chi connectivity index (χ0v) is 12.9. The molecule has 3 atom stereocenters. The molecular formula is C16H27N3O2. The summed E-state index contributed by atoms with van der Waals surface area (Å²) in [5.74, 6) is 1.28. The predicted octanol–water partition coefficient (Wildman–Crippen LogP) is 0.877. The Morgan fingerprint density at radius 2 is 1.76 bits per heavy atom. The van der Waals surface area contributed by atoms with Gasteiger partial charge in [0.2, 0.25) is 11.8 Å². The molecule has 5 heteroatoms. The third kappa shape index (κ3) is 2.68. The van der Waals surface area contributed by atoms with Gasteiger partial charge in [0.1, 0.15) is 6.04 Å². The Labute approximate surface area is 126 Å². The SMILES string of the molecule is CNC(=O)C1CCCN1C(=O)C1CC2CCCC(C1)C2N. The number of carbonyl (C=O) groups excluding carboxylic acids is 2. The van der Waals surface area contributed by atoms with Crippen LogP contribution in [0.15, 0.2) is 0 Å². The van der Waals surface area contributed by atoms with Crippen molar-refractivity contribution < 1.29 is 9.59 Å². The molecule has 2 aliphatic carbocycles. The van der Waals surface area contributed by atoms with Crippen LogP contribution in [0.5, 0.6) is 0 Å². The van der Waals surface area contributed by atoms with E-state index in [2.05, 4.69) is 5.32 Å². The van der Waals surface area contributed by atoms with Crippen LogP contribution in [0.25, 0.3) is 0 Å². The van der Waals surface area contributed by atoms with Gasteiger partial charge in [-0.1, -0.05) is 6.42 Å². The Bertz CT molecular complexity index is 412. The lowest BCUT2D eigenvalue weighted by molar-refractivity contribution is -0.143. The van der Waals surface area contributed by atoms with E-state index in [-0.39, 0.29) is 29.8 Å². The molecule has 3 rings (SSSR count). The summed E-state index contributed by atoms with van der Waals surface area (Å²) in [5.41, 5.74) is 6.31. The fourth-order valence-electron chi connectivity index (χ4n) is 4.69. The molecule has 0 radical (unpaired) electrons. The van der Waals surface area contributed by atoms with Gasteiger partial charge in [0.05, 0.1) is 0 Å². The largest absolute Gasteiger partial charge is 0.357 e.